The van der Waals surface area contributed by atoms with Gasteiger partial charge in [0.05, 0.1) is 12.1 Å². The molecule has 23 heavy (non-hydrogen) atoms. The Kier molecular flexibility index (Phi) is 4.30. The van der Waals surface area contributed by atoms with Crippen molar-refractivity contribution in [3.63, 3.8) is 0 Å². The molecule has 1 amide bonds. The molecule has 0 spiro atoms. The number of aromatic amines is 1. The van der Waals surface area contributed by atoms with Crippen LogP contribution in [0.4, 0.5) is 5.13 Å². The number of aryl methyl sites for hydroxylation is 3. The van der Waals surface area contributed by atoms with E-state index in [0.717, 1.165) is 25.0 Å². The average molecular weight is 332 g/mol. The summed E-state index contributed by atoms with van der Waals surface area (Å²) >= 11 is 1.54. The Morgan fingerprint density at radius 2 is 2.17 bits per heavy atom. The van der Waals surface area contributed by atoms with Crippen LogP contribution in [-0.4, -0.2) is 20.9 Å². The molecular formula is C16H20N4O2S. The normalized spacial score (nSPS) is 16.9. The second kappa shape index (κ2) is 6.23. The minimum Gasteiger partial charge on any atom is -0.311 e. The second-order valence-electron chi connectivity index (χ2n) is 6.18. The molecule has 2 aromatic heterocycles. The van der Waals surface area contributed by atoms with Crippen LogP contribution in [0.1, 0.15) is 41.0 Å². The van der Waals surface area contributed by atoms with E-state index in [4.69, 9.17) is 0 Å². The molecule has 0 aromatic carbocycles. The molecule has 2 N–H and O–H groups in total. The first-order chi connectivity index (χ1) is 10.9. The number of H-pyrrole nitrogens is 1. The molecule has 6 nitrogen and oxygen atoms in total. The molecule has 2 heterocycles. The largest absolute Gasteiger partial charge is 0.311 e. The zero-order valence-corrected chi connectivity index (χ0v) is 14.3. The number of thiazole rings is 1. The van der Waals surface area contributed by atoms with Crippen LogP contribution >= 0.6 is 11.3 Å². The van der Waals surface area contributed by atoms with Gasteiger partial charge in [-0.2, -0.15) is 0 Å². The van der Waals surface area contributed by atoms with Crippen LogP contribution in [0, 0.1) is 19.8 Å². The first-order valence-electron chi connectivity index (χ1n) is 7.77. The van der Waals surface area contributed by atoms with Crippen LogP contribution in [0.25, 0.3) is 0 Å². The van der Waals surface area contributed by atoms with Crippen molar-refractivity contribution in [2.24, 2.45) is 5.92 Å². The third-order valence-electron chi connectivity index (χ3n) is 4.11. The van der Waals surface area contributed by atoms with Gasteiger partial charge in [0.15, 0.2) is 5.13 Å². The van der Waals surface area contributed by atoms with Crippen molar-refractivity contribution in [3.05, 3.63) is 38.0 Å². The highest BCUT2D eigenvalue weighted by Gasteiger charge is 2.21. The molecule has 7 heteroatoms. The van der Waals surface area contributed by atoms with E-state index in [9.17, 15) is 9.59 Å². The van der Waals surface area contributed by atoms with Gasteiger partial charge in [0.1, 0.15) is 5.82 Å². The van der Waals surface area contributed by atoms with Gasteiger partial charge in [-0.15, -0.1) is 11.3 Å². The van der Waals surface area contributed by atoms with Crippen LogP contribution in [-0.2, 0) is 24.1 Å². The van der Waals surface area contributed by atoms with Crippen LogP contribution in [0.3, 0.4) is 0 Å². The maximum absolute atomic E-state index is 12.2. The number of aromatic nitrogens is 3. The Bertz CT molecular complexity index is 809. The maximum Gasteiger partial charge on any atom is 0.254 e. The highest BCUT2D eigenvalue weighted by molar-refractivity contribution is 7.15. The summed E-state index contributed by atoms with van der Waals surface area (Å²) < 4.78 is 0. The Morgan fingerprint density at radius 1 is 1.39 bits per heavy atom. The van der Waals surface area contributed by atoms with Gasteiger partial charge >= 0.3 is 0 Å². The molecular weight excluding hydrogens is 312 g/mol. The topological polar surface area (TPSA) is 87.7 Å². The third-order valence-corrected chi connectivity index (χ3v) is 5.15. The van der Waals surface area contributed by atoms with E-state index in [1.54, 1.807) is 25.2 Å². The van der Waals surface area contributed by atoms with Gasteiger partial charge in [0.2, 0.25) is 5.91 Å². The summed E-state index contributed by atoms with van der Waals surface area (Å²) in [5.74, 6) is 0.994. The Morgan fingerprint density at radius 3 is 2.91 bits per heavy atom. The van der Waals surface area contributed by atoms with Crippen molar-refractivity contribution in [3.8, 4) is 0 Å². The summed E-state index contributed by atoms with van der Waals surface area (Å²) in [5.41, 5.74) is 1.85. The number of rotatable bonds is 3. The predicted molar refractivity (Wildman–Crippen MR) is 90.0 cm³/mol. The Balaban J connectivity index is 1.72. The van der Waals surface area contributed by atoms with Crippen molar-refractivity contribution in [1.82, 2.24) is 15.0 Å². The minimum atomic E-state index is -0.252. The monoisotopic (exact) mass is 332 g/mol. The lowest BCUT2D eigenvalue weighted by molar-refractivity contribution is -0.115. The predicted octanol–water partition coefficient (Wildman–Crippen LogP) is 2.15. The lowest BCUT2D eigenvalue weighted by Gasteiger charge is -2.15. The SMILES string of the molecule is Cc1nc(C)c(CC(=O)Nc2nc3c(s2)C[C@H](C)CC3)c(=O)[nH]1. The van der Waals surface area contributed by atoms with E-state index in [1.807, 2.05) is 0 Å². The number of nitrogens with one attached hydrogen (secondary N) is 2. The second-order valence-corrected chi connectivity index (χ2v) is 7.26. The number of anilines is 1. The summed E-state index contributed by atoms with van der Waals surface area (Å²) in [6.45, 7) is 5.70. The van der Waals surface area contributed by atoms with Gasteiger partial charge in [-0.1, -0.05) is 6.92 Å². The molecule has 0 fully saturated rings. The summed E-state index contributed by atoms with van der Waals surface area (Å²) in [5, 5.41) is 3.45. The van der Waals surface area contributed by atoms with Crippen LogP contribution in [0.15, 0.2) is 4.79 Å². The van der Waals surface area contributed by atoms with Crippen LogP contribution < -0.4 is 10.9 Å². The summed E-state index contributed by atoms with van der Waals surface area (Å²) in [6.07, 6.45) is 3.16. The molecule has 1 aliphatic rings. The fraction of sp³-hybridized carbons (Fsp3) is 0.500. The van der Waals surface area contributed by atoms with E-state index < -0.39 is 0 Å². The molecule has 1 aliphatic carbocycles. The number of nitrogens with zero attached hydrogens (tertiary/aromatic N) is 2. The van der Waals surface area contributed by atoms with Gasteiger partial charge in [-0.3, -0.25) is 9.59 Å². The number of fused-ring (bicyclic) bond motifs is 1. The molecule has 3 rings (SSSR count). The maximum atomic E-state index is 12.2. The number of hydrogen-bond acceptors (Lipinski definition) is 5. The molecule has 1 atom stereocenters. The smallest absolute Gasteiger partial charge is 0.254 e. The van der Waals surface area contributed by atoms with E-state index in [0.29, 0.717) is 28.1 Å². The van der Waals surface area contributed by atoms with Crippen molar-refractivity contribution in [2.75, 3.05) is 5.32 Å². The van der Waals surface area contributed by atoms with Gasteiger partial charge in [0.25, 0.3) is 5.56 Å². The van der Waals surface area contributed by atoms with Gasteiger partial charge in [-0.25, -0.2) is 9.97 Å². The molecule has 0 saturated carbocycles. The van der Waals surface area contributed by atoms with E-state index >= 15 is 0 Å². The number of carbonyl (C=O) groups is 1. The lowest BCUT2D eigenvalue weighted by Crippen LogP contribution is -2.24. The van der Waals surface area contributed by atoms with Gasteiger partial charge in [-0.05, 0) is 39.0 Å². The summed E-state index contributed by atoms with van der Waals surface area (Å²) in [6, 6.07) is 0. The summed E-state index contributed by atoms with van der Waals surface area (Å²) in [4.78, 5) is 36.8. The van der Waals surface area contributed by atoms with Crippen LogP contribution in [0.5, 0.6) is 0 Å². The number of amides is 1. The highest BCUT2D eigenvalue weighted by atomic mass is 32.1. The molecule has 0 bridgehead atoms. The Labute approximate surface area is 138 Å². The summed E-state index contributed by atoms with van der Waals surface area (Å²) in [7, 11) is 0. The standard InChI is InChI=1S/C16H20N4O2S/c1-8-4-5-12-13(6-8)23-16(19-12)20-14(21)7-11-9(2)17-10(3)18-15(11)22/h8H,4-7H2,1-3H3,(H,17,18,22)(H,19,20,21)/t8-/m1/s1. The average Bonchev–Trinajstić information content (AvgIpc) is 2.84. The quantitative estimate of drug-likeness (QED) is 0.901. The molecule has 0 saturated heterocycles. The van der Waals surface area contributed by atoms with E-state index in [2.05, 4.69) is 27.2 Å². The highest BCUT2D eigenvalue weighted by Crippen LogP contribution is 2.32. The molecule has 2 aromatic rings. The first-order valence-corrected chi connectivity index (χ1v) is 8.59. The van der Waals surface area contributed by atoms with Crippen molar-refractivity contribution in [1.29, 1.82) is 0 Å². The van der Waals surface area contributed by atoms with Gasteiger partial charge in [0, 0.05) is 16.1 Å². The fourth-order valence-corrected chi connectivity index (χ4v) is 4.06. The number of carbonyl (C=O) groups excluding carboxylic acids is 1. The van der Waals surface area contributed by atoms with Crippen molar-refractivity contribution in [2.45, 2.75) is 46.5 Å². The van der Waals surface area contributed by atoms with Crippen LogP contribution in [0.2, 0.25) is 0 Å². The fourth-order valence-electron chi connectivity index (χ4n) is 2.88. The zero-order valence-electron chi connectivity index (χ0n) is 13.5. The molecule has 0 aliphatic heterocycles. The van der Waals surface area contributed by atoms with Gasteiger partial charge < -0.3 is 10.3 Å². The third kappa shape index (κ3) is 3.50. The lowest BCUT2D eigenvalue weighted by atomic mass is 9.93. The van der Waals surface area contributed by atoms with Crippen molar-refractivity contribution < 1.29 is 4.79 Å². The molecule has 0 unspecified atom stereocenters. The minimum absolute atomic E-state index is 0.00902. The molecule has 0 radical (unpaired) electrons. The first kappa shape index (κ1) is 15.9. The van der Waals surface area contributed by atoms with E-state index in [1.165, 1.54) is 4.88 Å². The number of hydrogen-bond donors (Lipinski definition) is 2. The Hall–Kier alpha value is -2.02. The molecule has 122 valence electrons. The van der Waals surface area contributed by atoms with E-state index in [-0.39, 0.29) is 17.9 Å². The zero-order chi connectivity index (χ0) is 16.6. The van der Waals surface area contributed by atoms with Crippen molar-refractivity contribution >= 4 is 22.4 Å².